The van der Waals surface area contributed by atoms with Crippen molar-refractivity contribution in [1.82, 2.24) is 4.90 Å². The monoisotopic (exact) mass is 281 g/mol. The van der Waals surface area contributed by atoms with Crippen molar-refractivity contribution in [2.24, 2.45) is 5.92 Å². The summed E-state index contributed by atoms with van der Waals surface area (Å²) in [4.78, 5) is 13.9. The summed E-state index contributed by atoms with van der Waals surface area (Å²) in [6.45, 7) is 4.62. The summed E-state index contributed by atoms with van der Waals surface area (Å²) in [6.07, 6.45) is 8.05. The molecule has 2 unspecified atom stereocenters. The van der Waals surface area contributed by atoms with Gasteiger partial charge in [0.2, 0.25) is 0 Å². The summed E-state index contributed by atoms with van der Waals surface area (Å²) >= 11 is 0. The Labute approximate surface area is 121 Å². The topological polar surface area (TPSA) is 49.8 Å². The number of piperidine rings is 1. The lowest BCUT2D eigenvalue weighted by Crippen LogP contribution is -2.53. The lowest BCUT2D eigenvalue weighted by atomic mass is 9.71. The van der Waals surface area contributed by atoms with Gasteiger partial charge in [0.15, 0.2) is 0 Å². The van der Waals surface area contributed by atoms with Gasteiger partial charge in [-0.05, 0) is 25.7 Å². The number of aliphatic hydroxyl groups is 1. The Morgan fingerprint density at radius 1 is 1.45 bits per heavy atom. The van der Waals surface area contributed by atoms with Gasteiger partial charge in [-0.15, -0.1) is 0 Å². The second-order valence-electron chi connectivity index (χ2n) is 6.13. The van der Waals surface area contributed by atoms with Crippen LogP contribution in [-0.2, 0) is 9.53 Å². The standard InChI is InChI=1S/C16H27NO3/c1-3-13(15(18)20-2)7-10-17-11-9-16(19)8-5-4-6-14(16)12-17/h7,14,19H,3-6,8-12H2,1-2H3. The van der Waals surface area contributed by atoms with Crippen LogP contribution in [-0.4, -0.2) is 48.3 Å². The number of carbonyl (C=O) groups is 1. The molecule has 1 N–H and O–H groups in total. The molecule has 0 aromatic heterocycles. The molecule has 4 nitrogen and oxygen atoms in total. The van der Waals surface area contributed by atoms with Crippen LogP contribution < -0.4 is 0 Å². The average Bonchev–Trinajstić information content (AvgIpc) is 2.47. The van der Waals surface area contributed by atoms with Crippen LogP contribution in [0.2, 0.25) is 0 Å². The molecule has 1 saturated heterocycles. The summed E-state index contributed by atoms with van der Waals surface area (Å²) in [7, 11) is 1.43. The number of hydrogen-bond donors (Lipinski definition) is 1. The van der Waals surface area contributed by atoms with Crippen LogP contribution in [0.3, 0.4) is 0 Å². The van der Waals surface area contributed by atoms with Gasteiger partial charge in [-0.2, -0.15) is 0 Å². The smallest absolute Gasteiger partial charge is 0.333 e. The summed E-state index contributed by atoms with van der Waals surface area (Å²) < 4.78 is 4.78. The lowest BCUT2D eigenvalue weighted by molar-refractivity contribution is -0.136. The molecule has 2 rings (SSSR count). The molecule has 4 heteroatoms. The van der Waals surface area contributed by atoms with E-state index in [9.17, 15) is 9.90 Å². The van der Waals surface area contributed by atoms with E-state index in [1.807, 2.05) is 13.0 Å². The zero-order valence-corrected chi connectivity index (χ0v) is 12.7. The summed E-state index contributed by atoms with van der Waals surface area (Å²) in [5.41, 5.74) is 0.325. The van der Waals surface area contributed by atoms with Gasteiger partial charge in [0.1, 0.15) is 0 Å². The highest BCUT2D eigenvalue weighted by atomic mass is 16.5. The number of fused-ring (bicyclic) bond motifs is 1. The fraction of sp³-hybridized carbons (Fsp3) is 0.812. The number of esters is 1. The fourth-order valence-electron chi connectivity index (χ4n) is 3.55. The molecule has 1 aliphatic carbocycles. The molecule has 1 heterocycles. The van der Waals surface area contributed by atoms with Crippen molar-refractivity contribution in [3.8, 4) is 0 Å². The highest BCUT2D eigenvalue weighted by molar-refractivity contribution is 5.88. The second kappa shape index (κ2) is 6.72. The van der Waals surface area contributed by atoms with Gasteiger partial charge in [0.05, 0.1) is 12.7 Å². The molecule has 0 aromatic carbocycles. The van der Waals surface area contributed by atoms with Gasteiger partial charge in [-0.3, -0.25) is 4.90 Å². The SMILES string of the molecule is CCC(=CCN1CCC2(O)CCCCC2C1)C(=O)OC. The third kappa shape index (κ3) is 3.41. The third-order valence-electron chi connectivity index (χ3n) is 4.94. The maximum atomic E-state index is 11.5. The number of carbonyl (C=O) groups excluding carboxylic acids is 1. The van der Waals surface area contributed by atoms with Crippen molar-refractivity contribution in [3.05, 3.63) is 11.6 Å². The zero-order valence-electron chi connectivity index (χ0n) is 12.7. The van der Waals surface area contributed by atoms with Crippen molar-refractivity contribution in [2.75, 3.05) is 26.7 Å². The molecule has 0 aromatic rings. The van der Waals surface area contributed by atoms with E-state index in [0.717, 1.165) is 50.9 Å². The number of ether oxygens (including phenoxy) is 1. The molecule has 114 valence electrons. The maximum Gasteiger partial charge on any atom is 0.333 e. The van der Waals surface area contributed by atoms with E-state index in [0.29, 0.717) is 12.3 Å². The Kier molecular flexibility index (Phi) is 5.22. The van der Waals surface area contributed by atoms with Crippen molar-refractivity contribution in [3.63, 3.8) is 0 Å². The predicted octanol–water partition coefficient (Wildman–Crippen LogP) is 2.12. The Balaban J connectivity index is 1.92. The molecule has 20 heavy (non-hydrogen) atoms. The number of nitrogens with zero attached hydrogens (tertiary/aromatic N) is 1. The number of methoxy groups -OCH3 is 1. The largest absolute Gasteiger partial charge is 0.466 e. The van der Waals surface area contributed by atoms with Gasteiger partial charge < -0.3 is 9.84 Å². The van der Waals surface area contributed by atoms with E-state index in [2.05, 4.69) is 4.90 Å². The summed E-state index contributed by atoms with van der Waals surface area (Å²) in [5, 5.41) is 10.6. The molecule has 2 aliphatic rings. The fourth-order valence-corrected chi connectivity index (χ4v) is 3.55. The zero-order chi connectivity index (χ0) is 14.6. The molecular formula is C16H27NO3. The van der Waals surface area contributed by atoms with Crippen LogP contribution >= 0.6 is 0 Å². The first-order valence-electron chi connectivity index (χ1n) is 7.81. The molecule has 0 bridgehead atoms. The summed E-state index contributed by atoms with van der Waals surface area (Å²) in [6, 6.07) is 0. The van der Waals surface area contributed by atoms with E-state index < -0.39 is 5.60 Å². The van der Waals surface area contributed by atoms with Crippen LogP contribution in [0, 0.1) is 5.92 Å². The van der Waals surface area contributed by atoms with Gasteiger partial charge in [-0.1, -0.05) is 25.8 Å². The van der Waals surface area contributed by atoms with Crippen LogP contribution in [0.5, 0.6) is 0 Å². The van der Waals surface area contributed by atoms with Crippen LogP contribution in [0.1, 0.15) is 45.4 Å². The van der Waals surface area contributed by atoms with Crippen LogP contribution in [0.25, 0.3) is 0 Å². The van der Waals surface area contributed by atoms with Crippen molar-refractivity contribution < 1.29 is 14.6 Å². The normalized spacial score (nSPS) is 31.8. The predicted molar refractivity (Wildman–Crippen MR) is 78.4 cm³/mol. The first-order valence-corrected chi connectivity index (χ1v) is 7.81. The highest BCUT2D eigenvalue weighted by Crippen LogP contribution is 2.39. The molecule has 0 radical (unpaired) electrons. The minimum absolute atomic E-state index is 0.223. The number of hydrogen-bond acceptors (Lipinski definition) is 4. The van der Waals surface area contributed by atoms with Gasteiger partial charge in [0, 0.05) is 31.1 Å². The number of rotatable bonds is 4. The molecule has 2 fully saturated rings. The number of likely N-dealkylation sites (tertiary alicyclic amines) is 1. The van der Waals surface area contributed by atoms with E-state index in [-0.39, 0.29) is 5.97 Å². The van der Waals surface area contributed by atoms with Gasteiger partial charge in [0.25, 0.3) is 0 Å². The molecule has 0 amide bonds. The Hall–Kier alpha value is -0.870. The average molecular weight is 281 g/mol. The minimum atomic E-state index is -0.422. The van der Waals surface area contributed by atoms with E-state index in [1.54, 1.807) is 0 Å². The molecule has 1 aliphatic heterocycles. The van der Waals surface area contributed by atoms with Crippen molar-refractivity contribution >= 4 is 5.97 Å². The maximum absolute atomic E-state index is 11.5. The Bertz CT molecular complexity index is 380. The van der Waals surface area contributed by atoms with Gasteiger partial charge in [-0.25, -0.2) is 4.79 Å². The first kappa shape index (κ1) is 15.5. The molecule has 0 spiro atoms. The quantitative estimate of drug-likeness (QED) is 0.633. The first-order chi connectivity index (χ1) is 9.59. The van der Waals surface area contributed by atoms with E-state index in [1.165, 1.54) is 13.5 Å². The lowest BCUT2D eigenvalue weighted by Gasteiger charge is -2.47. The van der Waals surface area contributed by atoms with Gasteiger partial charge >= 0.3 is 5.97 Å². The van der Waals surface area contributed by atoms with Crippen LogP contribution in [0.15, 0.2) is 11.6 Å². The molecule has 1 saturated carbocycles. The van der Waals surface area contributed by atoms with Crippen LogP contribution in [0.4, 0.5) is 0 Å². The Morgan fingerprint density at radius 3 is 2.95 bits per heavy atom. The Morgan fingerprint density at radius 2 is 2.25 bits per heavy atom. The third-order valence-corrected chi connectivity index (χ3v) is 4.94. The highest BCUT2D eigenvalue weighted by Gasteiger charge is 2.42. The molecular weight excluding hydrogens is 254 g/mol. The van der Waals surface area contributed by atoms with E-state index in [4.69, 9.17) is 4.74 Å². The van der Waals surface area contributed by atoms with Crippen molar-refractivity contribution in [1.29, 1.82) is 0 Å². The summed E-state index contributed by atoms with van der Waals surface area (Å²) in [5.74, 6) is 0.181. The van der Waals surface area contributed by atoms with Crippen molar-refractivity contribution in [2.45, 2.75) is 51.0 Å². The minimum Gasteiger partial charge on any atom is -0.466 e. The van der Waals surface area contributed by atoms with E-state index >= 15 is 0 Å². The second-order valence-corrected chi connectivity index (χ2v) is 6.13. The molecule has 2 atom stereocenters.